The van der Waals surface area contributed by atoms with Gasteiger partial charge in [-0.05, 0) is 13.8 Å². The van der Waals surface area contributed by atoms with E-state index in [2.05, 4.69) is 22.2 Å². The number of hydrogen-bond acceptors (Lipinski definition) is 3. The Hall–Kier alpha value is -0.830. The normalized spacial score (nSPS) is 10.5. The molecule has 0 spiro atoms. The maximum Gasteiger partial charge on any atom is 0.243 e. The van der Waals surface area contributed by atoms with Gasteiger partial charge in [0.25, 0.3) is 0 Å². The fraction of sp³-hybridized carbons (Fsp3) is 0.692. The molecule has 0 saturated carbocycles. The summed E-state index contributed by atoms with van der Waals surface area (Å²) in [7, 11) is 3.42. The van der Waals surface area contributed by atoms with Crippen LogP contribution < -0.4 is 10.6 Å². The third kappa shape index (κ3) is 12.2. The van der Waals surface area contributed by atoms with Crippen LogP contribution in [0.5, 0.6) is 0 Å². The number of carbonyl (C=O) groups excluding carboxylic acids is 1. The van der Waals surface area contributed by atoms with E-state index >= 15 is 0 Å². The van der Waals surface area contributed by atoms with Crippen molar-refractivity contribution >= 4 is 35.8 Å². The Morgan fingerprint density at radius 2 is 2.00 bits per heavy atom. The predicted molar refractivity (Wildman–Crippen MR) is 93.7 cm³/mol. The molecule has 2 N–H and O–H groups in total. The van der Waals surface area contributed by atoms with Gasteiger partial charge in [0.05, 0.1) is 6.61 Å². The zero-order valence-electron chi connectivity index (χ0n) is 12.9. The van der Waals surface area contributed by atoms with E-state index in [1.54, 1.807) is 14.1 Å². The number of rotatable bonds is 8. The molecule has 0 rings (SSSR count). The van der Waals surface area contributed by atoms with Gasteiger partial charge in [-0.1, -0.05) is 12.2 Å². The van der Waals surface area contributed by atoms with Crippen molar-refractivity contribution in [3.05, 3.63) is 12.2 Å². The zero-order chi connectivity index (χ0) is 14.7. The van der Waals surface area contributed by atoms with Crippen molar-refractivity contribution in [3.63, 3.8) is 0 Å². The van der Waals surface area contributed by atoms with Gasteiger partial charge in [-0.3, -0.25) is 4.79 Å². The predicted octanol–water partition coefficient (Wildman–Crippen LogP) is 0.840. The lowest BCUT2D eigenvalue weighted by atomic mass is 10.3. The van der Waals surface area contributed by atoms with Gasteiger partial charge in [0.2, 0.25) is 5.91 Å². The quantitative estimate of drug-likeness (QED) is 0.209. The number of ether oxygens (including phenoxy) is 1. The van der Waals surface area contributed by atoms with Gasteiger partial charge in [-0.2, -0.15) is 0 Å². The molecule has 118 valence electrons. The lowest BCUT2D eigenvalue weighted by Gasteiger charge is -2.13. The summed E-state index contributed by atoms with van der Waals surface area (Å²) < 4.78 is 5.24. The smallest absolute Gasteiger partial charge is 0.243 e. The van der Waals surface area contributed by atoms with Crippen LogP contribution in [0.1, 0.15) is 13.8 Å². The molecule has 0 fully saturated rings. The molecule has 0 aromatic rings. The topological polar surface area (TPSA) is 66.0 Å². The monoisotopic (exact) mass is 398 g/mol. The maximum atomic E-state index is 11.5. The van der Waals surface area contributed by atoms with Crippen LogP contribution in [-0.4, -0.2) is 63.7 Å². The fourth-order valence-corrected chi connectivity index (χ4v) is 1.08. The number of guanidine groups is 1. The van der Waals surface area contributed by atoms with Crippen molar-refractivity contribution in [1.29, 1.82) is 0 Å². The molecule has 0 atom stereocenters. The molecular formula is C13H27IN4O2. The van der Waals surface area contributed by atoms with E-state index in [0.29, 0.717) is 32.3 Å². The molecule has 0 aliphatic carbocycles. The average Bonchev–Trinajstić information content (AvgIpc) is 2.35. The largest absolute Gasteiger partial charge is 0.380 e. The van der Waals surface area contributed by atoms with E-state index in [1.807, 2.05) is 13.8 Å². The highest BCUT2D eigenvalue weighted by Crippen LogP contribution is 1.85. The SMILES string of the molecule is C=C(C)CNC(=NCC(=O)N(C)C)NCCOCC.I. The standard InChI is InChI=1S/C13H26N4O2.HI/c1-6-19-8-7-14-13(15-9-11(2)3)16-10-12(18)17(4)5;/h2,6-10H2,1,3-5H3,(H2,14,15,16);1H. The van der Waals surface area contributed by atoms with Crippen molar-refractivity contribution in [1.82, 2.24) is 15.5 Å². The number of likely N-dealkylation sites (N-methyl/N-ethyl adjacent to an activating group) is 1. The minimum atomic E-state index is -0.0405. The number of hydrogen-bond donors (Lipinski definition) is 2. The van der Waals surface area contributed by atoms with Gasteiger partial charge in [-0.15, -0.1) is 24.0 Å². The molecule has 6 nitrogen and oxygen atoms in total. The van der Waals surface area contributed by atoms with Crippen LogP contribution in [0, 0.1) is 0 Å². The number of nitrogens with one attached hydrogen (secondary N) is 2. The summed E-state index contributed by atoms with van der Waals surface area (Å²) in [6.45, 7) is 10.4. The Balaban J connectivity index is 0. The van der Waals surface area contributed by atoms with Gasteiger partial charge in [0, 0.05) is 33.8 Å². The molecule has 0 aromatic carbocycles. The maximum absolute atomic E-state index is 11.5. The van der Waals surface area contributed by atoms with E-state index in [9.17, 15) is 4.79 Å². The minimum Gasteiger partial charge on any atom is -0.380 e. The van der Waals surface area contributed by atoms with Crippen molar-refractivity contribution in [3.8, 4) is 0 Å². The van der Waals surface area contributed by atoms with E-state index in [1.165, 1.54) is 4.90 Å². The van der Waals surface area contributed by atoms with Crippen LogP contribution in [0.25, 0.3) is 0 Å². The summed E-state index contributed by atoms with van der Waals surface area (Å²) in [6.07, 6.45) is 0. The van der Waals surface area contributed by atoms with Crippen molar-refractivity contribution in [2.24, 2.45) is 4.99 Å². The van der Waals surface area contributed by atoms with Crippen LogP contribution in [0.4, 0.5) is 0 Å². The van der Waals surface area contributed by atoms with E-state index < -0.39 is 0 Å². The highest BCUT2D eigenvalue weighted by Gasteiger charge is 2.04. The number of carbonyl (C=O) groups is 1. The summed E-state index contributed by atoms with van der Waals surface area (Å²) in [5.74, 6) is 0.555. The Labute approximate surface area is 139 Å². The first-order valence-electron chi connectivity index (χ1n) is 6.41. The van der Waals surface area contributed by atoms with Crippen LogP contribution in [-0.2, 0) is 9.53 Å². The molecule has 0 saturated heterocycles. The summed E-state index contributed by atoms with van der Waals surface area (Å²) in [5, 5.41) is 6.21. The molecule has 7 heteroatoms. The molecule has 0 aromatic heterocycles. The van der Waals surface area contributed by atoms with Crippen LogP contribution in [0.15, 0.2) is 17.1 Å². The lowest BCUT2D eigenvalue weighted by Crippen LogP contribution is -2.40. The van der Waals surface area contributed by atoms with Crippen LogP contribution in [0.3, 0.4) is 0 Å². The summed E-state index contributed by atoms with van der Waals surface area (Å²) >= 11 is 0. The molecule has 0 bridgehead atoms. The number of aliphatic imine (C=N–C) groups is 1. The number of amides is 1. The first-order valence-corrected chi connectivity index (χ1v) is 6.41. The first kappa shape index (κ1) is 21.5. The van der Waals surface area contributed by atoms with E-state index in [-0.39, 0.29) is 36.4 Å². The highest BCUT2D eigenvalue weighted by molar-refractivity contribution is 14.0. The summed E-state index contributed by atoms with van der Waals surface area (Å²) in [4.78, 5) is 17.2. The molecule has 0 aliphatic rings. The first-order chi connectivity index (χ1) is 8.97. The zero-order valence-corrected chi connectivity index (χ0v) is 15.2. The molecule has 1 amide bonds. The van der Waals surface area contributed by atoms with Gasteiger partial charge < -0.3 is 20.3 Å². The summed E-state index contributed by atoms with van der Waals surface area (Å²) in [5.41, 5.74) is 0.998. The lowest BCUT2D eigenvalue weighted by molar-refractivity contribution is -0.127. The fourth-order valence-electron chi connectivity index (χ4n) is 1.08. The van der Waals surface area contributed by atoms with Gasteiger partial charge >= 0.3 is 0 Å². The Bertz CT molecular complexity index is 319. The van der Waals surface area contributed by atoms with Crippen molar-refractivity contribution < 1.29 is 9.53 Å². The second kappa shape index (κ2) is 13.2. The molecular weight excluding hydrogens is 371 g/mol. The van der Waals surface area contributed by atoms with E-state index in [0.717, 1.165) is 5.57 Å². The second-order valence-corrected chi connectivity index (χ2v) is 4.39. The second-order valence-electron chi connectivity index (χ2n) is 4.39. The third-order valence-electron chi connectivity index (χ3n) is 2.17. The number of nitrogens with zero attached hydrogens (tertiary/aromatic N) is 2. The highest BCUT2D eigenvalue weighted by atomic mass is 127. The molecule has 0 aliphatic heterocycles. The summed E-state index contributed by atoms with van der Waals surface area (Å²) in [6, 6.07) is 0. The number of halogens is 1. The van der Waals surface area contributed by atoms with Crippen LogP contribution in [0.2, 0.25) is 0 Å². The molecule has 20 heavy (non-hydrogen) atoms. The molecule has 0 heterocycles. The average molecular weight is 398 g/mol. The molecule has 0 radical (unpaired) electrons. The van der Waals surface area contributed by atoms with Gasteiger partial charge in [-0.25, -0.2) is 4.99 Å². The Morgan fingerprint density at radius 1 is 1.35 bits per heavy atom. The van der Waals surface area contributed by atoms with Crippen molar-refractivity contribution in [2.45, 2.75) is 13.8 Å². The Kier molecular flexibility index (Phi) is 14.1. The van der Waals surface area contributed by atoms with Crippen LogP contribution >= 0.6 is 24.0 Å². The van der Waals surface area contributed by atoms with E-state index in [4.69, 9.17) is 4.74 Å². The third-order valence-corrected chi connectivity index (χ3v) is 2.17. The van der Waals surface area contributed by atoms with Gasteiger partial charge in [0.15, 0.2) is 5.96 Å². The van der Waals surface area contributed by atoms with Gasteiger partial charge in [0.1, 0.15) is 6.54 Å². The minimum absolute atomic E-state index is 0. The van der Waals surface area contributed by atoms with Crippen molar-refractivity contribution in [2.75, 3.05) is 46.9 Å². The Morgan fingerprint density at radius 3 is 2.50 bits per heavy atom. The molecule has 0 unspecified atom stereocenters.